The van der Waals surface area contributed by atoms with Crippen molar-refractivity contribution in [2.45, 2.75) is 39.0 Å². The lowest BCUT2D eigenvalue weighted by Crippen LogP contribution is -2.18. The Morgan fingerprint density at radius 1 is 1.22 bits per heavy atom. The molecule has 0 aliphatic rings. The summed E-state index contributed by atoms with van der Waals surface area (Å²) in [6.45, 7) is 5.27. The smallest absolute Gasteiger partial charge is 0.303 e. The van der Waals surface area contributed by atoms with Gasteiger partial charge < -0.3 is 10.0 Å². The van der Waals surface area contributed by atoms with Crippen LogP contribution in [0.25, 0.3) is 0 Å². The van der Waals surface area contributed by atoms with E-state index in [2.05, 4.69) is 43.0 Å². The van der Waals surface area contributed by atoms with Gasteiger partial charge in [0.2, 0.25) is 0 Å². The maximum Gasteiger partial charge on any atom is 0.303 e. The van der Waals surface area contributed by atoms with Crippen molar-refractivity contribution in [2.75, 3.05) is 18.5 Å². The molecule has 0 amide bonds. The van der Waals surface area contributed by atoms with Crippen molar-refractivity contribution in [3.8, 4) is 0 Å². The van der Waals surface area contributed by atoms with Crippen LogP contribution in [0.5, 0.6) is 0 Å². The number of carboxylic acids is 1. The number of hydrogen-bond donors (Lipinski definition) is 1. The first-order chi connectivity index (χ1) is 8.50. The van der Waals surface area contributed by atoms with Gasteiger partial charge in [-0.2, -0.15) is 0 Å². The molecule has 0 heterocycles. The van der Waals surface area contributed by atoms with Gasteiger partial charge in [0.25, 0.3) is 0 Å². The van der Waals surface area contributed by atoms with E-state index >= 15 is 0 Å². The van der Waals surface area contributed by atoms with Crippen LogP contribution in [0.4, 0.5) is 5.69 Å². The molecule has 0 saturated heterocycles. The Balaban J connectivity index is 2.41. The second kappa shape index (κ2) is 7.04. The number of carbonyl (C=O) groups is 1. The summed E-state index contributed by atoms with van der Waals surface area (Å²) in [5, 5.41) is 8.56. The molecule has 1 rings (SSSR count). The van der Waals surface area contributed by atoms with Crippen LogP contribution in [0.2, 0.25) is 0 Å². The summed E-state index contributed by atoms with van der Waals surface area (Å²) in [4.78, 5) is 12.6. The first kappa shape index (κ1) is 14.6. The highest BCUT2D eigenvalue weighted by atomic mass is 16.4. The van der Waals surface area contributed by atoms with Crippen molar-refractivity contribution in [1.29, 1.82) is 0 Å². The van der Waals surface area contributed by atoms with Gasteiger partial charge in [-0.3, -0.25) is 4.79 Å². The summed E-state index contributed by atoms with van der Waals surface area (Å²) in [6, 6.07) is 8.58. The predicted molar refractivity (Wildman–Crippen MR) is 75.3 cm³/mol. The van der Waals surface area contributed by atoms with Gasteiger partial charge in [-0.05, 0) is 36.5 Å². The van der Waals surface area contributed by atoms with Crippen molar-refractivity contribution >= 4 is 11.7 Å². The molecule has 3 heteroatoms. The summed E-state index contributed by atoms with van der Waals surface area (Å²) >= 11 is 0. The first-order valence-corrected chi connectivity index (χ1v) is 6.53. The van der Waals surface area contributed by atoms with Crippen LogP contribution in [0, 0.1) is 0 Å². The molecule has 0 radical (unpaired) electrons. The Hall–Kier alpha value is -1.51. The average molecular weight is 249 g/mol. The topological polar surface area (TPSA) is 40.5 Å². The lowest BCUT2D eigenvalue weighted by molar-refractivity contribution is -0.137. The van der Waals surface area contributed by atoms with E-state index in [1.165, 1.54) is 11.3 Å². The summed E-state index contributed by atoms with van der Waals surface area (Å²) in [6.07, 6.45) is 1.92. The molecule has 0 fully saturated rings. The number of nitrogens with zero attached hydrogens (tertiary/aromatic N) is 1. The Bertz CT molecular complexity index is 371. The van der Waals surface area contributed by atoms with Crippen molar-refractivity contribution in [3.05, 3.63) is 29.8 Å². The number of benzene rings is 1. The minimum Gasteiger partial charge on any atom is -0.481 e. The molecule has 0 atom stereocenters. The fourth-order valence-electron chi connectivity index (χ4n) is 1.87. The van der Waals surface area contributed by atoms with Crippen molar-refractivity contribution in [1.82, 2.24) is 0 Å². The fraction of sp³-hybridized carbons (Fsp3) is 0.533. The van der Waals surface area contributed by atoms with E-state index in [4.69, 9.17) is 5.11 Å². The van der Waals surface area contributed by atoms with Gasteiger partial charge in [0.1, 0.15) is 0 Å². The van der Waals surface area contributed by atoms with E-state index < -0.39 is 5.97 Å². The average Bonchev–Trinajstić information content (AvgIpc) is 2.34. The van der Waals surface area contributed by atoms with E-state index in [9.17, 15) is 4.79 Å². The predicted octanol–water partition coefficient (Wildman–Crippen LogP) is 3.50. The van der Waals surface area contributed by atoms with Crippen molar-refractivity contribution in [3.63, 3.8) is 0 Å². The standard InChI is InChI=1S/C15H23NO2/c1-12(2)13-7-9-14(10-8-13)16(3)11-5-4-6-15(17)18/h7-10,12H,4-6,11H2,1-3H3,(H,17,18). The Kier molecular flexibility index (Phi) is 5.69. The largest absolute Gasteiger partial charge is 0.481 e. The Labute approximate surface area is 109 Å². The molecular formula is C15H23NO2. The van der Waals surface area contributed by atoms with E-state index in [-0.39, 0.29) is 6.42 Å². The molecule has 0 saturated carbocycles. The van der Waals surface area contributed by atoms with Crippen LogP contribution in [0.15, 0.2) is 24.3 Å². The highest BCUT2D eigenvalue weighted by Gasteiger charge is 2.03. The number of carboxylic acid groups (broad SMARTS) is 1. The van der Waals surface area contributed by atoms with Crippen LogP contribution in [-0.4, -0.2) is 24.7 Å². The molecule has 0 unspecified atom stereocenters. The second-order valence-corrected chi connectivity index (χ2v) is 5.02. The molecule has 18 heavy (non-hydrogen) atoms. The van der Waals surface area contributed by atoms with Gasteiger partial charge in [0.15, 0.2) is 0 Å². The normalized spacial score (nSPS) is 10.7. The molecule has 0 aliphatic carbocycles. The fourth-order valence-corrected chi connectivity index (χ4v) is 1.87. The summed E-state index contributed by atoms with van der Waals surface area (Å²) in [5.41, 5.74) is 2.53. The molecule has 0 aromatic heterocycles. The first-order valence-electron chi connectivity index (χ1n) is 6.53. The van der Waals surface area contributed by atoms with Gasteiger partial charge in [-0.1, -0.05) is 26.0 Å². The zero-order valence-electron chi connectivity index (χ0n) is 11.5. The number of hydrogen-bond acceptors (Lipinski definition) is 2. The third kappa shape index (κ3) is 4.78. The van der Waals surface area contributed by atoms with Crippen LogP contribution in [0.1, 0.15) is 44.6 Å². The molecule has 1 N–H and O–H groups in total. The van der Waals surface area contributed by atoms with Crippen LogP contribution < -0.4 is 4.90 Å². The van der Waals surface area contributed by atoms with Crippen LogP contribution >= 0.6 is 0 Å². The summed E-state index contributed by atoms with van der Waals surface area (Å²) in [5.74, 6) is -0.154. The molecule has 100 valence electrons. The zero-order valence-corrected chi connectivity index (χ0v) is 11.5. The van der Waals surface area contributed by atoms with Crippen molar-refractivity contribution in [2.24, 2.45) is 0 Å². The SMILES string of the molecule is CC(C)c1ccc(N(C)CCCCC(=O)O)cc1. The number of anilines is 1. The summed E-state index contributed by atoms with van der Waals surface area (Å²) < 4.78 is 0. The minimum atomic E-state index is -0.709. The maximum absolute atomic E-state index is 10.4. The van der Waals surface area contributed by atoms with E-state index in [0.29, 0.717) is 5.92 Å². The van der Waals surface area contributed by atoms with Crippen molar-refractivity contribution < 1.29 is 9.90 Å². The molecule has 0 aliphatic heterocycles. The lowest BCUT2D eigenvalue weighted by atomic mass is 10.0. The van der Waals surface area contributed by atoms with Crippen LogP contribution in [0.3, 0.4) is 0 Å². The lowest BCUT2D eigenvalue weighted by Gasteiger charge is -2.19. The van der Waals surface area contributed by atoms with E-state index in [0.717, 1.165) is 19.4 Å². The molecular weight excluding hydrogens is 226 g/mol. The third-order valence-corrected chi connectivity index (χ3v) is 3.13. The quantitative estimate of drug-likeness (QED) is 0.752. The maximum atomic E-state index is 10.4. The monoisotopic (exact) mass is 249 g/mol. The van der Waals surface area contributed by atoms with Gasteiger partial charge in [-0.15, -0.1) is 0 Å². The molecule has 3 nitrogen and oxygen atoms in total. The van der Waals surface area contributed by atoms with Gasteiger partial charge >= 0.3 is 5.97 Å². The Morgan fingerprint density at radius 3 is 2.33 bits per heavy atom. The Morgan fingerprint density at radius 2 is 1.83 bits per heavy atom. The molecule has 0 bridgehead atoms. The number of rotatable bonds is 7. The van der Waals surface area contributed by atoms with E-state index in [1.54, 1.807) is 0 Å². The highest BCUT2D eigenvalue weighted by Crippen LogP contribution is 2.19. The van der Waals surface area contributed by atoms with Gasteiger partial charge in [-0.25, -0.2) is 0 Å². The molecule has 0 spiro atoms. The van der Waals surface area contributed by atoms with Gasteiger partial charge in [0.05, 0.1) is 0 Å². The number of aliphatic carboxylic acids is 1. The second-order valence-electron chi connectivity index (χ2n) is 5.02. The molecule has 1 aromatic carbocycles. The third-order valence-electron chi connectivity index (χ3n) is 3.13. The summed E-state index contributed by atoms with van der Waals surface area (Å²) in [7, 11) is 2.05. The van der Waals surface area contributed by atoms with E-state index in [1.807, 2.05) is 7.05 Å². The minimum absolute atomic E-state index is 0.264. The van der Waals surface area contributed by atoms with Gasteiger partial charge in [0, 0.05) is 25.7 Å². The zero-order chi connectivity index (χ0) is 13.5. The molecule has 1 aromatic rings. The van der Waals surface area contributed by atoms with Crippen LogP contribution in [-0.2, 0) is 4.79 Å². The number of unbranched alkanes of at least 4 members (excludes halogenated alkanes) is 1. The highest BCUT2D eigenvalue weighted by molar-refractivity contribution is 5.66.